The van der Waals surface area contributed by atoms with Crippen LogP contribution in [0.25, 0.3) is 0 Å². The number of benzene rings is 1. The van der Waals surface area contributed by atoms with Crippen LogP contribution in [0.3, 0.4) is 0 Å². The Hall–Kier alpha value is -1.55. The van der Waals surface area contributed by atoms with Gasteiger partial charge in [0.1, 0.15) is 17.2 Å². The fourth-order valence-corrected chi connectivity index (χ4v) is 4.12. The standard InChI is InChI=1S/C19H29BF2N2O4/c1-13(17-15(21)5-4-6-16(17)22)24-11-7-14(8-12-24)19(23,18(25)26)9-2-3-10-20(27)28/h4-6,13-14,27-28H,2-3,7-12,23H2,1H3,(H,25,26). The summed E-state index contributed by atoms with van der Waals surface area (Å²) >= 11 is 0. The van der Waals surface area contributed by atoms with E-state index in [0.717, 1.165) is 0 Å². The predicted octanol–water partition coefficient (Wildman–Crippen LogP) is 2.16. The van der Waals surface area contributed by atoms with Gasteiger partial charge in [0.2, 0.25) is 0 Å². The number of carbonyl (C=O) groups is 1. The number of likely N-dealkylation sites (tertiary alicyclic amines) is 1. The highest BCUT2D eigenvalue weighted by Gasteiger charge is 2.43. The third-order valence-electron chi connectivity index (χ3n) is 5.92. The van der Waals surface area contributed by atoms with Crippen molar-refractivity contribution in [2.45, 2.75) is 56.9 Å². The molecule has 0 aromatic heterocycles. The molecule has 0 amide bonds. The molecule has 6 nitrogen and oxygen atoms in total. The van der Waals surface area contributed by atoms with Gasteiger partial charge in [0.15, 0.2) is 0 Å². The summed E-state index contributed by atoms with van der Waals surface area (Å²) in [4.78, 5) is 13.8. The zero-order valence-electron chi connectivity index (χ0n) is 16.2. The summed E-state index contributed by atoms with van der Waals surface area (Å²) in [5, 5.41) is 27.5. The molecular formula is C19H29BF2N2O4. The highest BCUT2D eigenvalue weighted by Crippen LogP contribution is 2.35. The van der Waals surface area contributed by atoms with Gasteiger partial charge < -0.3 is 20.9 Å². The third-order valence-corrected chi connectivity index (χ3v) is 5.92. The van der Waals surface area contributed by atoms with Crippen molar-refractivity contribution in [3.8, 4) is 0 Å². The lowest BCUT2D eigenvalue weighted by Gasteiger charge is -2.42. The number of halogens is 2. The van der Waals surface area contributed by atoms with Crippen LogP contribution in [0.2, 0.25) is 6.32 Å². The van der Waals surface area contributed by atoms with Crippen LogP contribution in [0, 0.1) is 17.6 Å². The van der Waals surface area contributed by atoms with Crippen LogP contribution in [-0.4, -0.2) is 51.8 Å². The second kappa shape index (κ2) is 9.78. The molecule has 0 aliphatic carbocycles. The van der Waals surface area contributed by atoms with Crippen molar-refractivity contribution >= 4 is 13.1 Å². The second-order valence-electron chi connectivity index (χ2n) is 7.69. The van der Waals surface area contributed by atoms with Crippen LogP contribution in [0.5, 0.6) is 0 Å². The van der Waals surface area contributed by atoms with Gasteiger partial charge in [-0.25, -0.2) is 8.78 Å². The van der Waals surface area contributed by atoms with Gasteiger partial charge in [-0.05, 0) is 63.6 Å². The molecule has 156 valence electrons. The lowest BCUT2D eigenvalue weighted by molar-refractivity contribution is -0.147. The number of nitrogens with zero attached hydrogens (tertiary/aromatic N) is 1. The Morgan fingerprint density at radius 2 is 1.86 bits per heavy atom. The van der Waals surface area contributed by atoms with Crippen LogP contribution in [-0.2, 0) is 4.79 Å². The van der Waals surface area contributed by atoms with Gasteiger partial charge in [-0.15, -0.1) is 0 Å². The molecule has 1 aliphatic rings. The number of nitrogens with two attached hydrogens (primary N) is 1. The Labute approximate surface area is 164 Å². The van der Waals surface area contributed by atoms with Crippen molar-refractivity contribution in [3.05, 3.63) is 35.4 Å². The Kier molecular flexibility index (Phi) is 7.94. The minimum Gasteiger partial charge on any atom is -0.480 e. The highest BCUT2D eigenvalue weighted by atomic mass is 19.1. The molecule has 1 aromatic carbocycles. The first-order chi connectivity index (χ1) is 13.2. The summed E-state index contributed by atoms with van der Waals surface area (Å²) in [7, 11) is -1.40. The number of carboxylic acids is 1. The topological polar surface area (TPSA) is 107 Å². The molecule has 1 saturated heterocycles. The average molecular weight is 398 g/mol. The summed E-state index contributed by atoms with van der Waals surface area (Å²) in [5.74, 6) is -2.49. The molecule has 1 heterocycles. The van der Waals surface area contributed by atoms with Crippen molar-refractivity contribution in [3.63, 3.8) is 0 Å². The number of unbranched alkanes of at least 4 members (excludes halogenated alkanes) is 1. The lowest BCUT2D eigenvalue weighted by atomic mass is 9.74. The number of hydrogen-bond acceptors (Lipinski definition) is 5. The summed E-state index contributed by atoms with van der Waals surface area (Å²) in [6.45, 7) is 2.75. The largest absolute Gasteiger partial charge is 0.480 e. The smallest absolute Gasteiger partial charge is 0.451 e. The van der Waals surface area contributed by atoms with E-state index >= 15 is 0 Å². The number of carboxylic acid groups (broad SMARTS) is 1. The average Bonchev–Trinajstić information content (AvgIpc) is 2.64. The molecule has 2 rings (SSSR count). The molecular weight excluding hydrogens is 369 g/mol. The van der Waals surface area contributed by atoms with Gasteiger partial charge in [0.25, 0.3) is 0 Å². The molecule has 2 atom stereocenters. The van der Waals surface area contributed by atoms with E-state index < -0.39 is 36.3 Å². The SMILES string of the molecule is CC(c1c(F)cccc1F)N1CCC(C(N)(CCCCB(O)O)C(=O)O)CC1. The quantitative estimate of drug-likeness (QED) is 0.375. The van der Waals surface area contributed by atoms with E-state index in [1.54, 1.807) is 6.92 Å². The van der Waals surface area contributed by atoms with Gasteiger partial charge in [0.05, 0.1) is 0 Å². The van der Waals surface area contributed by atoms with Crippen LogP contribution >= 0.6 is 0 Å². The van der Waals surface area contributed by atoms with Crippen LogP contribution in [0.15, 0.2) is 18.2 Å². The highest BCUT2D eigenvalue weighted by molar-refractivity contribution is 6.40. The minimum atomic E-state index is -1.40. The Bertz CT molecular complexity index is 651. The van der Waals surface area contributed by atoms with Crippen molar-refractivity contribution in [1.82, 2.24) is 4.90 Å². The van der Waals surface area contributed by atoms with E-state index in [9.17, 15) is 18.7 Å². The Balaban J connectivity index is 1.99. The van der Waals surface area contributed by atoms with Gasteiger partial charge in [0, 0.05) is 11.6 Å². The van der Waals surface area contributed by atoms with E-state index in [1.165, 1.54) is 18.2 Å². The van der Waals surface area contributed by atoms with Crippen molar-refractivity contribution < 1.29 is 28.7 Å². The normalized spacial score (nSPS) is 19.2. The monoisotopic (exact) mass is 398 g/mol. The maximum atomic E-state index is 14.1. The minimum absolute atomic E-state index is 0.0285. The van der Waals surface area contributed by atoms with Crippen molar-refractivity contribution in [2.75, 3.05) is 13.1 Å². The number of hydrogen-bond donors (Lipinski definition) is 4. The summed E-state index contributed by atoms with van der Waals surface area (Å²) in [6.07, 6.45) is 2.43. The Morgan fingerprint density at radius 1 is 1.29 bits per heavy atom. The van der Waals surface area contributed by atoms with Gasteiger partial charge >= 0.3 is 13.1 Å². The maximum absolute atomic E-state index is 14.1. The van der Waals surface area contributed by atoms with Crippen molar-refractivity contribution in [1.29, 1.82) is 0 Å². The van der Waals surface area contributed by atoms with E-state index in [2.05, 4.69) is 0 Å². The first-order valence-corrected chi connectivity index (χ1v) is 9.73. The van der Waals surface area contributed by atoms with Gasteiger partial charge in [-0.1, -0.05) is 18.9 Å². The van der Waals surface area contributed by atoms with E-state index in [0.29, 0.717) is 38.8 Å². The summed E-state index contributed by atoms with van der Waals surface area (Å²) in [6, 6.07) is 3.35. The molecule has 2 unspecified atom stereocenters. The molecule has 1 aromatic rings. The summed E-state index contributed by atoms with van der Waals surface area (Å²) < 4.78 is 28.1. The first-order valence-electron chi connectivity index (χ1n) is 9.73. The fraction of sp³-hybridized carbons (Fsp3) is 0.632. The van der Waals surface area contributed by atoms with Crippen LogP contribution in [0.4, 0.5) is 8.78 Å². The van der Waals surface area contributed by atoms with E-state index in [1.807, 2.05) is 4.90 Å². The zero-order chi connectivity index (χ0) is 20.9. The van der Waals surface area contributed by atoms with Crippen LogP contribution < -0.4 is 5.73 Å². The number of aliphatic carboxylic acids is 1. The lowest BCUT2D eigenvalue weighted by Crippen LogP contribution is -2.57. The molecule has 0 bridgehead atoms. The molecule has 28 heavy (non-hydrogen) atoms. The number of rotatable bonds is 9. The summed E-state index contributed by atoms with van der Waals surface area (Å²) in [5.41, 5.74) is 4.89. The molecule has 1 fully saturated rings. The van der Waals surface area contributed by atoms with Crippen LogP contribution in [0.1, 0.15) is 50.6 Å². The Morgan fingerprint density at radius 3 is 2.36 bits per heavy atom. The second-order valence-corrected chi connectivity index (χ2v) is 7.69. The molecule has 1 aliphatic heterocycles. The predicted molar refractivity (Wildman–Crippen MR) is 102 cm³/mol. The van der Waals surface area contributed by atoms with E-state index in [4.69, 9.17) is 15.8 Å². The van der Waals surface area contributed by atoms with E-state index in [-0.39, 0.29) is 24.2 Å². The molecule has 5 N–H and O–H groups in total. The molecule has 0 spiro atoms. The molecule has 0 radical (unpaired) electrons. The van der Waals surface area contributed by atoms with Gasteiger partial charge in [-0.3, -0.25) is 9.69 Å². The van der Waals surface area contributed by atoms with Crippen molar-refractivity contribution in [2.24, 2.45) is 11.7 Å². The molecule has 0 saturated carbocycles. The fourth-order valence-electron chi connectivity index (χ4n) is 4.12. The molecule has 9 heteroatoms. The maximum Gasteiger partial charge on any atom is 0.451 e. The first kappa shape index (κ1) is 22.7. The number of piperidine rings is 1. The zero-order valence-corrected chi connectivity index (χ0v) is 16.2. The third kappa shape index (κ3) is 5.28. The van der Waals surface area contributed by atoms with Gasteiger partial charge in [-0.2, -0.15) is 0 Å².